The summed E-state index contributed by atoms with van der Waals surface area (Å²) in [5.74, 6) is -0.376. The summed E-state index contributed by atoms with van der Waals surface area (Å²) in [6.45, 7) is 1.36. The van der Waals surface area contributed by atoms with Crippen molar-refractivity contribution in [3.05, 3.63) is 28.8 Å². The summed E-state index contributed by atoms with van der Waals surface area (Å²) in [4.78, 5) is 13.1. The minimum Gasteiger partial charge on any atom is -0.370 e. The van der Waals surface area contributed by atoms with Crippen molar-refractivity contribution in [1.29, 1.82) is 5.26 Å². The van der Waals surface area contributed by atoms with Crippen molar-refractivity contribution in [2.75, 3.05) is 18.0 Å². The third-order valence-corrected chi connectivity index (χ3v) is 3.31. The lowest BCUT2D eigenvalue weighted by Crippen LogP contribution is -2.27. The number of hydrogen-bond donors (Lipinski definition) is 1. The van der Waals surface area contributed by atoms with Gasteiger partial charge < -0.3 is 10.6 Å². The van der Waals surface area contributed by atoms with Gasteiger partial charge in [-0.1, -0.05) is 11.6 Å². The zero-order valence-electron chi connectivity index (χ0n) is 9.19. The van der Waals surface area contributed by atoms with E-state index in [1.807, 2.05) is 17.0 Å². The average molecular weight is 250 g/mol. The Morgan fingerprint density at radius 2 is 2.35 bits per heavy atom. The maximum Gasteiger partial charge on any atom is 0.222 e. The summed E-state index contributed by atoms with van der Waals surface area (Å²) in [5, 5.41) is 9.29. The van der Waals surface area contributed by atoms with E-state index in [-0.39, 0.29) is 11.8 Å². The van der Waals surface area contributed by atoms with Crippen molar-refractivity contribution in [2.45, 2.75) is 6.42 Å². The normalized spacial score (nSPS) is 19.1. The fourth-order valence-electron chi connectivity index (χ4n) is 2.04. The predicted octanol–water partition coefficient (Wildman–Crippen LogP) is 1.52. The highest BCUT2D eigenvalue weighted by Gasteiger charge is 2.27. The molecule has 88 valence electrons. The highest BCUT2D eigenvalue weighted by molar-refractivity contribution is 6.33. The number of hydrogen-bond acceptors (Lipinski definition) is 3. The second-order valence-electron chi connectivity index (χ2n) is 4.11. The molecule has 0 bridgehead atoms. The molecule has 0 aromatic heterocycles. The number of nitrogens with two attached hydrogens (primary N) is 1. The first kappa shape index (κ1) is 11.7. The monoisotopic (exact) mass is 249 g/mol. The largest absolute Gasteiger partial charge is 0.370 e. The molecule has 1 heterocycles. The highest BCUT2D eigenvalue weighted by atomic mass is 35.5. The second-order valence-corrected chi connectivity index (χ2v) is 4.52. The summed E-state index contributed by atoms with van der Waals surface area (Å²) < 4.78 is 0. The van der Waals surface area contributed by atoms with Crippen LogP contribution in [0.25, 0.3) is 0 Å². The smallest absolute Gasteiger partial charge is 0.222 e. The number of nitrogens with zero attached hydrogens (tertiary/aromatic N) is 2. The van der Waals surface area contributed by atoms with Crippen LogP contribution in [0, 0.1) is 17.2 Å². The fraction of sp³-hybridized carbons (Fsp3) is 0.333. The van der Waals surface area contributed by atoms with Crippen LogP contribution in [0.3, 0.4) is 0 Å². The van der Waals surface area contributed by atoms with Crippen molar-refractivity contribution in [3.8, 4) is 6.07 Å². The van der Waals surface area contributed by atoms with Crippen LogP contribution in [0.2, 0.25) is 5.02 Å². The number of carbonyl (C=O) groups excluding carboxylic acids is 1. The molecular formula is C12H12ClN3O. The van der Waals surface area contributed by atoms with E-state index >= 15 is 0 Å². The molecule has 0 spiro atoms. The minimum absolute atomic E-state index is 0.110. The van der Waals surface area contributed by atoms with Gasteiger partial charge in [-0.05, 0) is 24.6 Å². The minimum atomic E-state index is -0.266. The summed E-state index contributed by atoms with van der Waals surface area (Å²) >= 11 is 6.11. The van der Waals surface area contributed by atoms with Gasteiger partial charge in [0.25, 0.3) is 0 Å². The zero-order valence-corrected chi connectivity index (χ0v) is 9.94. The number of rotatable bonds is 2. The first-order valence-corrected chi connectivity index (χ1v) is 5.73. The van der Waals surface area contributed by atoms with Crippen LogP contribution < -0.4 is 10.6 Å². The maximum absolute atomic E-state index is 11.1. The third kappa shape index (κ3) is 2.34. The molecule has 1 aliphatic rings. The van der Waals surface area contributed by atoms with E-state index in [0.717, 1.165) is 18.7 Å². The Bertz CT molecular complexity index is 495. The molecule has 1 saturated heterocycles. The van der Waals surface area contributed by atoms with Crippen LogP contribution in [0.1, 0.15) is 12.0 Å². The molecule has 2 N–H and O–H groups in total. The molecule has 0 radical (unpaired) electrons. The second kappa shape index (κ2) is 4.64. The van der Waals surface area contributed by atoms with Crippen molar-refractivity contribution in [3.63, 3.8) is 0 Å². The van der Waals surface area contributed by atoms with Gasteiger partial charge in [0.2, 0.25) is 5.91 Å². The molecule has 5 heteroatoms. The summed E-state index contributed by atoms with van der Waals surface area (Å²) in [6, 6.07) is 7.20. The lowest BCUT2D eigenvalue weighted by molar-refractivity contribution is -0.121. The topological polar surface area (TPSA) is 70.1 Å². The zero-order chi connectivity index (χ0) is 12.4. The number of amides is 1. The highest BCUT2D eigenvalue weighted by Crippen LogP contribution is 2.30. The Hall–Kier alpha value is -1.73. The van der Waals surface area contributed by atoms with E-state index in [1.54, 1.807) is 12.1 Å². The number of nitriles is 1. The van der Waals surface area contributed by atoms with Crippen LogP contribution >= 0.6 is 11.6 Å². The third-order valence-electron chi connectivity index (χ3n) is 3.01. The van der Waals surface area contributed by atoms with Crippen LogP contribution in [-0.4, -0.2) is 19.0 Å². The molecule has 4 nitrogen and oxygen atoms in total. The first-order chi connectivity index (χ1) is 8.11. The van der Waals surface area contributed by atoms with Crippen molar-refractivity contribution < 1.29 is 4.79 Å². The van der Waals surface area contributed by atoms with Crippen LogP contribution in [-0.2, 0) is 4.79 Å². The summed E-state index contributed by atoms with van der Waals surface area (Å²) in [7, 11) is 0. The maximum atomic E-state index is 11.1. The van der Waals surface area contributed by atoms with E-state index < -0.39 is 0 Å². The average Bonchev–Trinajstić information content (AvgIpc) is 2.78. The van der Waals surface area contributed by atoms with E-state index in [2.05, 4.69) is 0 Å². The first-order valence-electron chi connectivity index (χ1n) is 5.35. The van der Waals surface area contributed by atoms with Gasteiger partial charge >= 0.3 is 0 Å². The molecule has 1 aliphatic heterocycles. The lowest BCUT2D eigenvalue weighted by atomic mass is 10.1. The van der Waals surface area contributed by atoms with Crippen LogP contribution in [0.15, 0.2) is 18.2 Å². The molecule has 1 aromatic carbocycles. The fourth-order valence-corrected chi connectivity index (χ4v) is 2.34. The number of carbonyl (C=O) groups is 1. The molecule has 0 aliphatic carbocycles. The van der Waals surface area contributed by atoms with E-state index in [0.29, 0.717) is 17.1 Å². The van der Waals surface area contributed by atoms with Crippen LogP contribution in [0.5, 0.6) is 0 Å². The molecule has 1 aromatic rings. The summed E-state index contributed by atoms with van der Waals surface area (Å²) in [5.41, 5.74) is 6.67. The molecule has 17 heavy (non-hydrogen) atoms. The van der Waals surface area contributed by atoms with Gasteiger partial charge in [0, 0.05) is 13.1 Å². The van der Waals surface area contributed by atoms with Gasteiger partial charge in [-0.2, -0.15) is 5.26 Å². The van der Waals surface area contributed by atoms with E-state index in [9.17, 15) is 4.79 Å². The van der Waals surface area contributed by atoms with Crippen molar-refractivity contribution in [1.82, 2.24) is 0 Å². The van der Waals surface area contributed by atoms with Gasteiger partial charge in [-0.3, -0.25) is 4.79 Å². The Balaban J connectivity index is 2.20. The molecule has 2 rings (SSSR count). The van der Waals surface area contributed by atoms with Gasteiger partial charge in [0.05, 0.1) is 28.3 Å². The lowest BCUT2D eigenvalue weighted by Gasteiger charge is -2.19. The van der Waals surface area contributed by atoms with Gasteiger partial charge in [-0.15, -0.1) is 0 Å². The number of halogens is 1. The Kier molecular flexibility index (Phi) is 3.21. The molecule has 1 fully saturated rings. The standard InChI is InChI=1S/C12H12ClN3O/c13-10-5-8(6-14)1-2-11(10)16-4-3-9(7-16)12(15)17/h1-2,5,9H,3-4,7H2,(H2,15,17). The quantitative estimate of drug-likeness (QED) is 0.864. The molecule has 0 saturated carbocycles. The van der Waals surface area contributed by atoms with Gasteiger partial charge in [0.1, 0.15) is 0 Å². The number of anilines is 1. The van der Waals surface area contributed by atoms with Gasteiger partial charge in [-0.25, -0.2) is 0 Å². The van der Waals surface area contributed by atoms with E-state index in [4.69, 9.17) is 22.6 Å². The Morgan fingerprint density at radius 1 is 1.59 bits per heavy atom. The number of benzene rings is 1. The Labute approximate surface area is 105 Å². The molecular weight excluding hydrogens is 238 g/mol. The van der Waals surface area contributed by atoms with E-state index in [1.165, 1.54) is 0 Å². The molecule has 1 unspecified atom stereocenters. The van der Waals surface area contributed by atoms with Crippen molar-refractivity contribution >= 4 is 23.2 Å². The van der Waals surface area contributed by atoms with Crippen LogP contribution in [0.4, 0.5) is 5.69 Å². The Morgan fingerprint density at radius 3 is 2.88 bits per heavy atom. The predicted molar refractivity (Wildman–Crippen MR) is 65.7 cm³/mol. The molecule has 1 atom stereocenters. The van der Waals surface area contributed by atoms with Gasteiger partial charge in [0.15, 0.2) is 0 Å². The summed E-state index contributed by atoms with van der Waals surface area (Å²) in [6.07, 6.45) is 0.756. The number of primary amides is 1. The molecule has 1 amide bonds. The SMILES string of the molecule is N#Cc1ccc(N2CCC(C(N)=O)C2)c(Cl)c1. The van der Waals surface area contributed by atoms with Crippen molar-refractivity contribution in [2.24, 2.45) is 11.7 Å².